The van der Waals surface area contributed by atoms with Crippen LogP contribution in [0.25, 0.3) is 11.1 Å². The average Bonchev–Trinajstić information content (AvgIpc) is 3.00. The Morgan fingerprint density at radius 3 is 2.24 bits per heavy atom. The molecule has 2 aromatic rings. The van der Waals surface area contributed by atoms with Crippen LogP contribution in [0.2, 0.25) is 0 Å². The highest BCUT2D eigenvalue weighted by atomic mass is 32.2. The van der Waals surface area contributed by atoms with Gasteiger partial charge in [-0.25, -0.2) is 13.2 Å². The van der Waals surface area contributed by atoms with E-state index in [0.29, 0.717) is 0 Å². The number of rotatable bonds is 6. The summed E-state index contributed by atoms with van der Waals surface area (Å²) < 4.78 is 29.1. The summed E-state index contributed by atoms with van der Waals surface area (Å²) in [5.41, 5.74) is 4.20. The fourth-order valence-corrected chi connectivity index (χ4v) is 5.81. The van der Waals surface area contributed by atoms with Gasteiger partial charge in [0.15, 0.2) is 9.84 Å². The Morgan fingerprint density at radius 1 is 1.00 bits per heavy atom. The van der Waals surface area contributed by atoms with Crippen molar-refractivity contribution < 1.29 is 32.6 Å². The molecule has 34 heavy (non-hydrogen) atoms. The number of sulfone groups is 1. The van der Waals surface area contributed by atoms with Gasteiger partial charge in [-0.05, 0) is 28.7 Å². The Hall–Kier alpha value is -3.40. The number of carbonyl (C=O) groups is 3. The van der Waals surface area contributed by atoms with E-state index >= 15 is 0 Å². The lowest BCUT2D eigenvalue weighted by molar-refractivity contribution is -0.142. The Balaban J connectivity index is 1.43. The first-order valence-electron chi connectivity index (χ1n) is 11.1. The van der Waals surface area contributed by atoms with Gasteiger partial charge in [-0.1, -0.05) is 48.5 Å². The minimum Gasteiger partial charge on any atom is -0.481 e. The molecule has 0 saturated carbocycles. The van der Waals surface area contributed by atoms with E-state index in [2.05, 4.69) is 5.32 Å². The molecule has 0 aromatic heterocycles. The first kappa shape index (κ1) is 23.7. The molecular weight excluding hydrogens is 460 g/mol. The lowest BCUT2D eigenvalue weighted by Crippen LogP contribution is -2.50. The highest BCUT2D eigenvalue weighted by molar-refractivity contribution is 7.91. The Kier molecular flexibility index (Phi) is 6.87. The van der Waals surface area contributed by atoms with Crippen molar-refractivity contribution in [1.82, 2.24) is 10.2 Å². The van der Waals surface area contributed by atoms with E-state index in [1.807, 2.05) is 48.5 Å². The van der Waals surface area contributed by atoms with Gasteiger partial charge >= 0.3 is 12.1 Å². The maximum Gasteiger partial charge on any atom is 0.407 e. The van der Waals surface area contributed by atoms with E-state index in [4.69, 9.17) is 4.74 Å². The van der Waals surface area contributed by atoms with Crippen molar-refractivity contribution in [3.05, 3.63) is 59.7 Å². The van der Waals surface area contributed by atoms with Gasteiger partial charge in [-0.3, -0.25) is 9.59 Å². The van der Waals surface area contributed by atoms with Gasteiger partial charge < -0.3 is 20.1 Å². The molecule has 4 rings (SSSR count). The predicted octanol–water partition coefficient (Wildman–Crippen LogP) is 2.02. The van der Waals surface area contributed by atoms with Crippen LogP contribution in [0.4, 0.5) is 4.79 Å². The van der Waals surface area contributed by atoms with Crippen molar-refractivity contribution >= 4 is 27.8 Å². The lowest BCUT2D eigenvalue weighted by atomic mass is 9.98. The topological polar surface area (TPSA) is 130 Å². The van der Waals surface area contributed by atoms with Gasteiger partial charge in [0.1, 0.15) is 12.6 Å². The van der Waals surface area contributed by atoms with E-state index in [9.17, 15) is 27.9 Å². The van der Waals surface area contributed by atoms with Crippen LogP contribution >= 0.6 is 0 Å². The van der Waals surface area contributed by atoms with Gasteiger partial charge in [0.2, 0.25) is 5.91 Å². The van der Waals surface area contributed by atoms with Crippen molar-refractivity contribution in [2.24, 2.45) is 0 Å². The number of ether oxygens (including phenoxy) is 1. The second-order valence-corrected chi connectivity index (χ2v) is 10.8. The highest BCUT2D eigenvalue weighted by Crippen LogP contribution is 2.44. The molecule has 2 aliphatic rings. The maximum atomic E-state index is 12.9. The molecule has 0 bridgehead atoms. The van der Waals surface area contributed by atoms with Gasteiger partial charge in [-0.2, -0.15) is 0 Å². The zero-order valence-corrected chi connectivity index (χ0v) is 19.3. The van der Waals surface area contributed by atoms with E-state index in [1.165, 1.54) is 4.90 Å². The van der Waals surface area contributed by atoms with Crippen molar-refractivity contribution in [2.75, 3.05) is 31.2 Å². The van der Waals surface area contributed by atoms with Gasteiger partial charge in [0.05, 0.1) is 17.9 Å². The molecular formula is C24H26N2O7S. The Bertz CT molecular complexity index is 1170. The summed E-state index contributed by atoms with van der Waals surface area (Å²) in [6, 6.07) is 14.4. The predicted molar refractivity (Wildman–Crippen MR) is 124 cm³/mol. The third kappa shape index (κ3) is 5.22. The van der Waals surface area contributed by atoms with Crippen LogP contribution in [0.5, 0.6) is 0 Å². The number of carbonyl (C=O) groups excluding carboxylic acids is 2. The smallest absolute Gasteiger partial charge is 0.407 e. The summed E-state index contributed by atoms with van der Waals surface area (Å²) in [6.45, 7) is 0.167. The number of fused-ring (bicyclic) bond motifs is 3. The highest BCUT2D eigenvalue weighted by Gasteiger charge is 2.32. The zero-order valence-electron chi connectivity index (χ0n) is 18.5. The monoisotopic (exact) mass is 486 g/mol. The second kappa shape index (κ2) is 9.84. The van der Waals surface area contributed by atoms with Crippen molar-refractivity contribution in [1.29, 1.82) is 0 Å². The molecule has 0 spiro atoms. The minimum absolute atomic E-state index is 0.0236. The van der Waals surface area contributed by atoms with Crippen LogP contribution in [0.15, 0.2) is 48.5 Å². The van der Waals surface area contributed by atoms with E-state index in [1.54, 1.807) is 0 Å². The molecule has 1 aliphatic carbocycles. The van der Waals surface area contributed by atoms with Crippen LogP contribution in [0.3, 0.4) is 0 Å². The number of nitrogens with one attached hydrogen (secondary N) is 1. The summed E-state index contributed by atoms with van der Waals surface area (Å²) in [6.07, 6.45) is -1.27. The summed E-state index contributed by atoms with van der Waals surface area (Å²) in [7, 11) is -3.25. The second-order valence-electron chi connectivity index (χ2n) is 8.45. The molecule has 10 heteroatoms. The third-order valence-electron chi connectivity index (χ3n) is 6.18. The molecule has 1 aliphatic heterocycles. The number of hydrogen-bond donors (Lipinski definition) is 2. The molecule has 180 valence electrons. The SMILES string of the molecule is O=C(O)CC(NC(=O)OCC1c2ccccc2-c2ccccc21)C(=O)N1CCCS(=O)(=O)CC1. The number of carboxylic acid groups (broad SMARTS) is 1. The number of alkyl carbamates (subject to hydrolysis) is 1. The summed E-state index contributed by atoms with van der Waals surface area (Å²) in [4.78, 5) is 38.1. The average molecular weight is 487 g/mol. The molecule has 0 radical (unpaired) electrons. The number of carboxylic acids is 1. The standard InChI is InChI=1S/C24H26N2O7S/c27-22(28)14-21(23(29)26-10-5-12-34(31,32)13-11-26)25-24(30)33-15-20-18-8-3-1-6-16(18)17-7-2-4-9-19(17)20/h1-4,6-9,20-21H,5,10-15H2,(H,25,30)(H,27,28). The number of nitrogens with zero attached hydrogens (tertiary/aromatic N) is 1. The number of benzene rings is 2. The van der Waals surface area contributed by atoms with E-state index < -0.39 is 40.3 Å². The Morgan fingerprint density at radius 2 is 1.62 bits per heavy atom. The van der Waals surface area contributed by atoms with Crippen LogP contribution in [-0.2, 0) is 24.2 Å². The normalized spacial score (nSPS) is 17.7. The van der Waals surface area contributed by atoms with Crippen LogP contribution in [0.1, 0.15) is 29.9 Å². The summed E-state index contributed by atoms with van der Waals surface area (Å²) >= 11 is 0. The largest absolute Gasteiger partial charge is 0.481 e. The van der Waals surface area contributed by atoms with Crippen molar-refractivity contribution in [3.8, 4) is 11.1 Å². The first-order valence-corrected chi connectivity index (χ1v) is 12.9. The summed E-state index contributed by atoms with van der Waals surface area (Å²) in [5.74, 6) is -2.29. The van der Waals surface area contributed by atoms with Gasteiger partial charge in [-0.15, -0.1) is 0 Å². The molecule has 1 unspecified atom stereocenters. The zero-order chi connectivity index (χ0) is 24.3. The van der Waals surface area contributed by atoms with Crippen molar-refractivity contribution in [2.45, 2.75) is 24.8 Å². The molecule has 2 aromatic carbocycles. The molecule has 1 saturated heterocycles. The molecule has 2 amide bonds. The van der Waals surface area contributed by atoms with Crippen LogP contribution in [0, 0.1) is 0 Å². The molecule has 1 heterocycles. The maximum absolute atomic E-state index is 12.9. The van der Waals surface area contributed by atoms with Crippen LogP contribution in [-0.4, -0.2) is 73.6 Å². The van der Waals surface area contributed by atoms with Gasteiger partial charge in [0, 0.05) is 19.0 Å². The third-order valence-corrected chi connectivity index (χ3v) is 7.90. The van der Waals surface area contributed by atoms with Crippen LogP contribution < -0.4 is 5.32 Å². The van der Waals surface area contributed by atoms with E-state index in [-0.39, 0.29) is 43.5 Å². The Labute approximate surface area is 197 Å². The first-order chi connectivity index (χ1) is 16.2. The number of hydrogen-bond acceptors (Lipinski definition) is 6. The molecule has 1 fully saturated rings. The number of aliphatic carboxylic acids is 1. The van der Waals surface area contributed by atoms with Gasteiger partial charge in [0.25, 0.3) is 0 Å². The lowest BCUT2D eigenvalue weighted by Gasteiger charge is -2.25. The summed E-state index contributed by atoms with van der Waals surface area (Å²) in [5, 5.41) is 11.6. The molecule has 9 nitrogen and oxygen atoms in total. The quantitative estimate of drug-likeness (QED) is 0.639. The fourth-order valence-electron chi connectivity index (χ4n) is 4.54. The fraction of sp³-hybridized carbons (Fsp3) is 0.375. The van der Waals surface area contributed by atoms with Crippen molar-refractivity contribution in [3.63, 3.8) is 0 Å². The van der Waals surface area contributed by atoms with E-state index in [0.717, 1.165) is 22.3 Å². The minimum atomic E-state index is -3.25. The molecule has 2 N–H and O–H groups in total. The molecule has 1 atom stereocenters. The number of amides is 2.